The first-order valence-corrected chi connectivity index (χ1v) is 6.55. The Bertz CT molecular complexity index is 279. The number of halogens is 3. The highest BCUT2D eigenvalue weighted by Gasteiger charge is 2.28. The molecule has 1 fully saturated rings. The topological polar surface area (TPSA) is 41.6 Å². The first-order chi connectivity index (χ1) is 8.92. The first kappa shape index (κ1) is 16.2. The van der Waals surface area contributed by atoms with Crippen LogP contribution in [0.4, 0.5) is 13.2 Å². The molecule has 0 aromatic rings. The number of alkyl halides is 3. The molecule has 1 amide bonds. The van der Waals surface area contributed by atoms with Gasteiger partial charge in [-0.15, -0.1) is 0 Å². The van der Waals surface area contributed by atoms with Crippen LogP contribution < -0.4 is 5.32 Å². The highest BCUT2D eigenvalue weighted by atomic mass is 19.4. The Hall–Kier alpha value is -0.820. The number of likely N-dealkylation sites (N-methyl/N-ethyl adjacent to an activating group) is 1. The van der Waals surface area contributed by atoms with E-state index in [4.69, 9.17) is 0 Å². The van der Waals surface area contributed by atoms with Gasteiger partial charge < -0.3 is 15.0 Å². The monoisotopic (exact) mass is 282 g/mol. The van der Waals surface area contributed by atoms with Crippen molar-refractivity contribution in [1.29, 1.82) is 0 Å². The Labute approximate surface area is 111 Å². The zero-order chi connectivity index (χ0) is 14.3. The van der Waals surface area contributed by atoms with Gasteiger partial charge in [0, 0.05) is 13.1 Å². The number of rotatable bonds is 6. The number of nitrogens with zero attached hydrogens (tertiary/aromatic N) is 1. The number of ether oxygens (including phenoxy) is 1. The third-order valence-electron chi connectivity index (χ3n) is 3.16. The largest absolute Gasteiger partial charge is 0.411 e. The summed E-state index contributed by atoms with van der Waals surface area (Å²) >= 11 is 0. The zero-order valence-corrected chi connectivity index (χ0v) is 11.1. The highest BCUT2D eigenvalue weighted by molar-refractivity contribution is 5.77. The molecule has 4 nitrogen and oxygen atoms in total. The predicted molar refractivity (Wildman–Crippen MR) is 64.7 cm³/mol. The van der Waals surface area contributed by atoms with Crippen molar-refractivity contribution >= 4 is 5.91 Å². The molecule has 0 spiro atoms. The maximum absolute atomic E-state index is 11.9. The van der Waals surface area contributed by atoms with Crippen molar-refractivity contribution in [1.82, 2.24) is 10.2 Å². The summed E-state index contributed by atoms with van der Waals surface area (Å²) in [4.78, 5) is 13.3. The van der Waals surface area contributed by atoms with Gasteiger partial charge in [0.05, 0.1) is 0 Å². The van der Waals surface area contributed by atoms with Crippen LogP contribution >= 0.6 is 0 Å². The van der Waals surface area contributed by atoms with Crippen LogP contribution in [0.3, 0.4) is 0 Å². The molecule has 0 bridgehead atoms. The van der Waals surface area contributed by atoms with Gasteiger partial charge in [-0.1, -0.05) is 0 Å². The number of carbonyl (C=O) groups excluding carboxylic acids is 1. The molecule has 0 unspecified atom stereocenters. The van der Waals surface area contributed by atoms with Crippen LogP contribution in [0.2, 0.25) is 0 Å². The molecular weight excluding hydrogens is 261 g/mol. The number of nitrogens with one attached hydrogen (secondary N) is 1. The molecule has 0 aromatic heterocycles. The van der Waals surface area contributed by atoms with Crippen LogP contribution in [0.5, 0.6) is 0 Å². The van der Waals surface area contributed by atoms with Crippen LogP contribution in [0.15, 0.2) is 0 Å². The predicted octanol–water partition coefficient (Wildman–Crippen LogP) is 1.41. The van der Waals surface area contributed by atoms with Crippen LogP contribution in [0.1, 0.15) is 19.8 Å². The van der Waals surface area contributed by atoms with Crippen molar-refractivity contribution in [3.8, 4) is 0 Å². The van der Waals surface area contributed by atoms with E-state index in [2.05, 4.69) is 10.1 Å². The van der Waals surface area contributed by atoms with Gasteiger partial charge in [-0.25, -0.2) is 0 Å². The van der Waals surface area contributed by atoms with E-state index in [1.807, 2.05) is 6.92 Å². The second-order valence-electron chi connectivity index (χ2n) is 4.73. The summed E-state index contributed by atoms with van der Waals surface area (Å²) in [6, 6.07) is 0. The lowest BCUT2D eigenvalue weighted by Crippen LogP contribution is -2.41. The minimum atomic E-state index is -4.38. The molecule has 0 saturated carbocycles. The Morgan fingerprint density at radius 1 is 1.37 bits per heavy atom. The van der Waals surface area contributed by atoms with Crippen LogP contribution in [0, 0.1) is 5.92 Å². The SMILES string of the molecule is CCN(CC1CCNCC1)C(=O)COCC(F)(F)F. The number of carbonyl (C=O) groups is 1. The van der Waals surface area contributed by atoms with Crippen molar-refractivity contribution in [2.45, 2.75) is 25.9 Å². The minimum Gasteiger partial charge on any atom is -0.362 e. The van der Waals surface area contributed by atoms with Gasteiger partial charge in [-0.2, -0.15) is 13.2 Å². The van der Waals surface area contributed by atoms with Crippen molar-refractivity contribution in [2.24, 2.45) is 5.92 Å². The molecule has 1 saturated heterocycles. The van der Waals surface area contributed by atoms with Gasteiger partial charge in [0.15, 0.2) is 0 Å². The number of hydrogen-bond donors (Lipinski definition) is 1. The Morgan fingerprint density at radius 3 is 2.53 bits per heavy atom. The summed E-state index contributed by atoms with van der Waals surface area (Å²) in [5.41, 5.74) is 0. The third-order valence-corrected chi connectivity index (χ3v) is 3.16. The maximum Gasteiger partial charge on any atom is 0.411 e. The lowest BCUT2D eigenvalue weighted by Gasteiger charge is -2.29. The van der Waals surface area contributed by atoms with Crippen molar-refractivity contribution < 1.29 is 22.7 Å². The zero-order valence-electron chi connectivity index (χ0n) is 11.1. The number of amides is 1. The lowest BCUT2D eigenvalue weighted by molar-refractivity contribution is -0.177. The minimum absolute atomic E-state index is 0.370. The van der Waals surface area contributed by atoms with Crippen molar-refractivity contribution in [3.63, 3.8) is 0 Å². The van der Waals surface area contributed by atoms with Crippen LogP contribution in [0.25, 0.3) is 0 Å². The second kappa shape index (κ2) is 7.69. The van der Waals surface area contributed by atoms with Gasteiger partial charge in [0.2, 0.25) is 5.91 Å². The molecule has 1 heterocycles. The molecule has 19 heavy (non-hydrogen) atoms. The van der Waals surface area contributed by atoms with E-state index >= 15 is 0 Å². The van der Waals surface area contributed by atoms with Gasteiger partial charge in [-0.3, -0.25) is 4.79 Å². The maximum atomic E-state index is 11.9. The van der Waals surface area contributed by atoms with E-state index in [0.29, 0.717) is 19.0 Å². The van der Waals surface area contributed by atoms with E-state index in [1.165, 1.54) is 0 Å². The fourth-order valence-corrected chi connectivity index (χ4v) is 2.13. The lowest BCUT2D eigenvalue weighted by atomic mass is 9.97. The fraction of sp³-hybridized carbons (Fsp3) is 0.917. The second-order valence-corrected chi connectivity index (χ2v) is 4.73. The molecule has 7 heteroatoms. The summed E-state index contributed by atoms with van der Waals surface area (Å²) < 4.78 is 40.1. The molecule has 0 aromatic carbocycles. The fourth-order valence-electron chi connectivity index (χ4n) is 2.13. The standard InChI is InChI=1S/C12H21F3N2O2/c1-2-17(7-10-3-5-16-6-4-10)11(18)8-19-9-12(13,14)15/h10,16H,2-9H2,1H3. The molecule has 112 valence electrons. The Morgan fingerprint density at radius 2 is 2.00 bits per heavy atom. The molecule has 0 atom stereocenters. The number of piperidine rings is 1. The van der Waals surface area contributed by atoms with Gasteiger partial charge in [-0.05, 0) is 38.8 Å². The van der Waals surface area contributed by atoms with Crippen molar-refractivity contribution in [3.05, 3.63) is 0 Å². The molecule has 0 aliphatic carbocycles. The molecule has 1 rings (SSSR count). The quantitative estimate of drug-likeness (QED) is 0.801. The smallest absolute Gasteiger partial charge is 0.362 e. The van der Waals surface area contributed by atoms with E-state index < -0.39 is 19.4 Å². The molecule has 1 aliphatic heterocycles. The molecule has 1 N–H and O–H groups in total. The van der Waals surface area contributed by atoms with Gasteiger partial charge in [0.1, 0.15) is 13.2 Å². The van der Waals surface area contributed by atoms with E-state index in [1.54, 1.807) is 4.90 Å². The molecular formula is C12H21F3N2O2. The van der Waals surface area contributed by atoms with Gasteiger partial charge in [0.25, 0.3) is 0 Å². The number of hydrogen-bond acceptors (Lipinski definition) is 3. The molecule has 0 radical (unpaired) electrons. The summed E-state index contributed by atoms with van der Waals surface area (Å²) in [5.74, 6) is 0.0537. The van der Waals surface area contributed by atoms with E-state index in [0.717, 1.165) is 25.9 Å². The Balaban J connectivity index is 2.30. The average molecular weight is 282 g/mol. The highest BCUT2D eigenvalue weighted by Crippen LogP contribution is 2.15. The van der Waals surface area contributed by atoms with E-state index in [-0.39, 0.29) is 5.91 Å². The van der Waals surface area contributed by atoms with Crippen molar-refractivity contribution in [2.75, 3.05) is 39.4 Å². The summed E-state index contributed by atoms with van der Waals surface area (Å²) in [6.07, 6.45) is -2.40. The summed E-state index contributed by atoms with van der Waals surface area (Å²) in [5, 5.41) is 3.23. The third kappa shape index (κ3) is 6.77. The summed E-state index contributed by atoms with van der Waals surface area (Å²) in [6.45, 7) is 2.91. The van der Waals surface area contributed by atoms with Gasteiger partial charge >= 0.3 is 6.18 Å². The van der Waals surface area contributed by atoms with Crippen LogP contribution in [-0.4, -0.2) is 56.4 Å². The average Bonchev–Trinajstić information content (AvgIpc) is 2.35. The Kier molecular flexibility index (Phi) is 6.57. The first-order valence-electron chi connectivity index (χ1n) is 6.55. The van der Waals surface area contributed by atoms with Crippen LogP contribution in [-0.2, 0) is 9.53 Å². The molecule has 1 aliphatic rings. The summed E-state index contributed by atoms with van der Waals surface area (Å²) in [7, 11) is 0. The van der Waals surface area contributed by atoms with E-state index in [9.17, 15) is 18.0 Å². The normalized spacial score (nSPS) is 17.5.